The molecule has 1 aromatic carbocycles. The molecule has 0 saturated carbocycles. The van der Waals surface area contributed by atoms with Crippen molar-refractivity contribution in [3.8, 4) is 11.6 Å². The summed E-state index contributed by atoms with van der Waals surface area (Å²) in [6.07, 6.45) is 6.14. The monoisotopic (exact) mass is 364 g/mol. The number of amides is 1. The van der Waals surface area contributed by atoms with Crippen LogP contribution in [0, 0.1) is 0 Å². The molecule has 1 amide bonds. The van der Waals surface area contributed by atoms with E-state index in [1.54, 1.807) is 36.3 Å². The summed E-state index contributed by atoms with van der Waals surface area (Å²) in [5.41, 5.74) is 1.79. The van der Waals surface area contributed by atoms with Crippen molar-refractivity contribution in [3.63, 3.8) is 0 Å². The first-order valence-corrected chi connectivity index (χ1v) is 8.85. The molecule has 140 valence electrons. The molecule has 0 bridgehead atoms. The number of ether oxygens (including phenoxy) is 1. The number of imidazole rings is 1. The summed E-state index contributed by atoms with van der Waals surface area (Å²) in [5.74, 6) is 1.18. The smallest absolute Gasteiger partial charge is 0.265 e. The van der Waals surface area contributed by atoms with Crippen molar-refractivity contribution in [2.45, 2.75) is 39.2 Å². The molecule has 6 nitrogen and oxygen atoms in total. The van der Waals surface area contributed by atoms with Crippen LogP contribution in [0.2, 0.25) is 0 Å². The second-order valence-electron chi connectivity index (χ2n) is 7.40. The fraction of sp³-hybridized carbons (Fsp3) is 0.286. The van der Waals surface area contributed by atoms with Crippen molar-refractivity contribution in [1.29, 1.82) is 0 Å². The maximum Gasteiger partial charge on any atom is 0.265 e. The molecule has 0 spiro atoms. The van der Waals surface area contributed by atoms with Gasteiger partial charge in [-0.1, -0.05) is 32.9 Å². The number of carbonyl (C=O) groups excluding carboxylic acids is 1. The summed E-state index contributed by atoms with van der Waals surface area (Å²) >= 11 is 0. The average molecular weight is 364 g/mol. The van der Waals surface area contributed by atoms with Gasteiger partial charge in [-0.05, 0) is 42.2 Å². The molecule has 0 aliphatic heterocycles. The van der Waals surface area contributed by atoms with Crippen LogP contribution in [0.25, 0.3) is 5.82 Å². The highest BCUT2D eigenvalue weighted by molar-refractivity contribution is 5.94. The molecule has 27 heavy (non-hydrogen) atoms. The van der Waals surface area contributed by atoms with Crippen molar-refractivity contribution in [2.75, 3.05) is 5.32 Å². The van der Waals surface area contributed by atoms with E-state index in [0.717, 1.165) is 11.4 Å². The van der Waals surface area contributed by atoms with Crippen LogP contribution in [0.4, 0.5) is 5.69 Å². The lowest BCUT2D eigenvalue weighted by molar-refractivity contribution is -0.122. The number of nitrogens with one attached hydrogen (secondary N) is 1. The predicted molar refractivity (Wildman–Crippen MR) is 105 cm³/mol. The van der Waals surface area contributed by atoms with Gasteiger partial charge >= 0.3 is 0 Å². The van der Waals surface area contributed by atoms with Crippen molar-refractivity contribution in [1.82, 2.24) is 14.5 Å². The number of benzene rings is 1. The second-order valence-corrected chi connectivity index (χ2v) is 7.40. The fourth-order valence-corrected chi connectivity index (χ4v) is 2.54. The summed E-state index contributed by atoms with van der Waals surface area (Å²) in [6.45, 7) is 8.15. The molecule has 0 fully saturated rings. The number of pyridine rings is 1. The van der Waals surface area contributed by atoms with E-state index < -0.39 is 6.10 Å². The standard InChI is InChI=1S/C21H24N4O2/c1-15(27-18-7-5-6-16(12-18)21(2,3)4)20(26)24-17-8-9-19(23-13-17)25-11-10-22-14-25/h5-15H,1-4H3,(H,24,26). The van der Waals surface area contributed by atoms with E-state index in [9.17, 15) is 4.79 Å². The maximum absolute atomic E-state index is 12.4. The van der Waals surface area contributed by atoms with Crippen LogP contribution in [-0.4, -0.2) is 26.5 Å². The Hall–Kier alpha value is -3.15. The number of hydrogen-bond donors (Lipinski definition) is 1. The lowest BCUT2D eigenvalue weighted by atomic mass is 9.87. The van der Waals surface area contributed by atoms with Crippen molar-refractivity contribution < 1.29 is 9.53 Å². The molecule has 2 heterocycles. The highest BCUT2D eigenvalue weighted by atomic mass is 16.5. The van der Waals surface area contributed by atoms with Crippen LogP contribution in [0.3, 0.4) is 0 Å². The molecule has 6 heteroatoms. The van der Waals surface area contributed by atoms with Gasteiger partial charge in [0.05, 0.1) is 11.9 Å². The zero-order valence-corrected chi connectivity index (χ0v) is 16.0. The highest BCUT2D eigenvalue weighted by Gasteiger charge is 2.18. The summed E-state index contributed by atoms with van der Waals surface area (Å²) < 4.78 is 7.61. The molecular weight excluding hydrogens is 340 g/mol. The lowest BCUT2D eigenvalue weighted by Crippen LogP contribution is -2.30. The molecule has 1 unspecified atom stereocenters. The molecule has 3 aromatic rings. The molecule has 0 radical (unpaired) electrons. The van der Waals surface area contributed by atoms with Gasteiger partial charge in [-0.15, -0.1) is 0 Å². The quantitative estimate of drug-likeness (QED) is 0.744. The molecule has 1 N–H and O–H groups in total. The Labute approximate surface area is 159 Å². The maximum atomic E-state index is 12.4. The number of nitrogens with zero attached hydrogens (tertiary/aromatic N) is 3. The Balaban J connectivity index is 1.62. The van der Waals surface area contributed by atoms with Gasteiger partial charge in [0, 0.05) is 12.4 Å². The molecular formula is C21H24N4O2. The van der Waals surface area contributed by atoms with Crippen LogP contribution in [0.15, 0.2) is 61.3 Å². The van der Waals surface area contributed by atoms with Gasteiger partial charge in [0.2, 0.25) is 0 Å². The minimum absolute atomic E-state index is 0.0213. The minimum Gasteiger partial charge on any atom is -0.481 e. The Morgan fingerprint density at radius 1 is 1.22 bits per heavy atom. The fourth-order valence-electron chi connectivity index (χ4n) is 2.54. The Morgan fingerprint density at radius 2 is 2.04 bits per heavy atom. The van der Waals surface area contributed by atoms with Gasteiger partial charge in [0.25, 0.3) is 5.91 Å². The summed E-state index contributed by atoms with van der Waals surface area (Å²) in [4.78, 5) is 20.7. The zero-order valence-electron chi connectivity index (χ0n) is 16.0. The van der Waals surface area contributed by atoms with E-state index in [1.807, 2.05) is 30.5 Å². The highest BCUT2D eigenvalue weighted by Crippen LogP contribution is 2.26. The van der Waals surface area contributed by atoms with E-state index in [2.05, 4.69) is 42.1 Å². The van der Waals surface area contributed by atoms with Gasteiger partial charge in [-0.3, -0.25) is 9.36 Å². The van der Waals surface area contributed by atoms with Gasteiger partial charge in [-0.25, -0.2) is 9.97 Å². The van der Waals surface area contributed by atoms with Gasteiger partial charge in [0.15, 0.2) is 6.10 Å². The van der Waals surface area contributed by atoms with Gasteiger partial charge in [-0.2, -0.15) is 0 Å². The van der Waals surface area contributed by atoms with Gasteiger partial charge < -0.3 is 10.1 Å². The van der Waals surface area contributed by atoms with E-state index in [0.29, 0.717) is 11.4 Å². The lowest BCUT2D eigenvalue weighted by Gasteiger charge is -2.21. The van der Waals surface area contributed by atoms with Crippen molar-refractivity contribution in [3.05, 3.63) is 66.9 Å². The topological polar surface area (TPSA) is 69.0 Å². The number of hydrogen-bond acceptors (Lipinski definition) is 4. The largest absolute Gasteiger partial charge is 0.481 e. The number of carbonyl (C=O) groups is 1. The first-order valence-electron chi connectivity index (χ1n) is 8.85. The molecule has 0 aliphatic rings. The van der Waals surface area contributed by atoms with Gasteiger partial charge in [0.1, 0.15) is 17.9 Å². The third-order valence-corrected chi connectivity index (χ3v) is 4.17. The Kier molecular flexibility index (Phi) is 5.26. The molecule has 3 rings (SSSR count). The zero-order chi connectivity index (χ0) is 19.4. The molecule has 0 aliphatic carbocycles. The number of anilines is 1. The normalized spacial score (nSPS) is 12.4. The number of aromatic nitrogens is 3. The van der Waals surface area contributed by atoms with Crippen LogP contribution in [-0.2, 0) is 10.2 Å². The van der Waals surface area contributed by atoms with Crippen molar-refractivity contribution >= 4 is 11.6 Å². The average Bonchev–Trinajstić information content (AvgIpc) is 3.16. The second kappa shape index (κ2) is 7.61. The Bertz CT molecular complexity index is 897. The summed E-state index contributed by atoms with van der Waals surface area (Å²) in [7, 11) is 0. The molecule has 1 atom stereocenters. The van der Waals surface area contributed by atoms with Crippen LogP contribution < -0.4 is 10.1 Å². The third-order valence-electron chi connectivity index (χ3n) is 4.17. The van der Waals surface area contributed by atoms with E-state index >= 15 is 0 Å². The van der Waals surface area contributed by atoms with E-state index in [-0.39, 0.29) is 11.3 Å². The number of rotatable bonds is 5. The minimum atomic E-state index is -0.631. The predicted octanol–water partition coefficient (Wildman–Crippen LogP) is 3.97. The van der Waals surface area contributed by atoms with Crippen LogP contribution in [0.1, 0.15) is 33.3 Å². The molecule has 2 aromatic heterocycles. The SMILES string of the molecule is CC(Oc1cccc(C(C)(C)C)c1)C(=O)Nc1ccc(-n2ccnc2)nc1. The first-order chi connectivity index (χ1) is 12.8. The third kappa shape index (κ3) is 4.73. The Morgan fingerprint density at radius 3 is 2.67 bits per heavy atom. The summed E-state index contributed by atoms with van der Waals surface area (Å²) in [6, 6.07) is 11.5. The van der Waals surface area contributed by atoms with Crippen LogP contribution in [0.5, 0.6) is 5.75 Å². The summed E-state index contributed by atoms with van der Waals surface area (Å²) in [5, 5.41) is 2.83. The first kappa shape index (κ1) is 18.6. The van der Waals surface area contributed by atoms with Crippen LogP contribution >= 0.6 is 0 Å². The van der Waals surface area contributed by atoms with E-state index in [4.69, 9.17) is 4.74 Å². The molecule has 0 saturated heterocycles. The van der Waals surface area contributed by atoms with Crippen molar-refractivity contribution in [2.24, 2.45) is 0 Å². The van der Waals surface area contributed by atoms with E-state index in [1.165, 1.54) is 0 Å².